The zero-order valence-electron chi connectivity index (χ0n) is 14.4. The van der Waals surface area contributed by atoms with Crippen molar-refractivity contribution >= 4 is 5.97 Å². The molecule has 2 rings (SSSR count). The quantitative estimate of drug-likeness (QED) is 0.385. The molecule has 0 aliphatic heterocycles. The fourth-order valence-corrected chi connectivity index (χ4v) is 3.31. The van der Waals surface area contributed by atoms with Crippen LogP contribution in [0.5, 0.6) is 11.5 Å². The predicted molar refractivity (Wildman–Crippen MR) is 88.1 cm³/mol. The molecule has 0 unspecified atom stereocenters. The minimum atomic E-state index is -1.18. The van der Waals surface area contributed by atoms with Crippen molar-refractivity contribution in [2.45, 2.75) is 58.3 Å². The molecule has 134 valence electrons. The lowest BCUT2D eigenvalue weighted by Crippen LogP contribution is -2.26. The molecular weight excluding hydrogens is 314 g/mol. The summed E-state index contributed by atoms with van der Waals surface area (Å²) in [6.45, 7) is 2.19. The van der Waals surface area contributed by atoms with E-state index in [0.29, 0.717) is 5.92 Å². The number of carbonyl (C=O) groups is 1. The van der Waals surface area contributed by atoms with E-state index in [-0.39, 0.29) is 17.4 Å². The van der Waals surface area contributed by atoms with Crippen LogP contribution in [0.15, 0.2) is 12.1 Å². The van der Waals surface area contributed by atoms with Gasteiger partial charge >= 0.3 is 5.97 Å². The highest BCUT2D eigenvalue weighted by Crippen LogP contribution is 2.34. The van der Waals surface area contributed by atoms with Gasteiger partial charge in [0.25, 0.3) is 0 Å². The highest BCUT2D eigenvalue weighted by molar-refractivity contribution is 5.75. The number of hydrogen-bond acceptors (Lipinski definition) is 3. The van der Waals surface area contributed by atoms with Crippen LogP contribution < -0.4 is 9.47 Å². The summed E-state index contributed by atoms with van der Waals surface area (Å²) in [5.41, 5.74) is 0. The lowest BCUT2D eigenvalue weighted by Gasteiger charge is -2.27. The van der Waals surface area contributed by atoms with Crippen molar-refractivity contribution in [3.05, 3.63) is 23.8 Å². The molecule has 0 amide bonds. The van der Waals surface area contributed by atoms with Gasteiger partial charge in [-0.2, -0.15) is 8.78 Å². The van der Waals surface area contributed by atoms with Gasteiger partial charge in [0.2, 0.25) is 11.6 Å². The van der Waals surface area contributed by atoms with Crippen molar-refractivity contribution < 1.29 is 23.0 Å². The molecule has 1 aromatic carbocycles. The van der Waals surface area contributed by atoms with Crippen LogP contribution in [0.1, 0.15) is 58.3 Å². The Balaban J connectivity index is 1.87. The summed E-state index contributed by atoms with van der Waals surface area (Å²) >= 11 is 0. The zero-order valence-corrected chi connectivity index (χ0v) is 14.4. The lowest BCUT2D eigenvalue weighted by atomic mass is 9.80. The third kappa shape index (κ3) is 4.68. The number of hydrogen-bond donors (Lipinski definition) is 0. The molecule has 0 spiro atoms. The fraction of sp³-hybridized carbons (Fsp3) is 0.632. The van der Waals surface area contributed by atoms with Gasteiger partial charge in [0.1, 0.15) is 0 Å². The van der Waals surface area contributed by atoms with Crippen LogP contribution in [0.4, 0.5) is 8.78 Å². The molecule has 0 radical (unpaired) electrons. The fourth-order valence-electron chi connectivity index (χ4n) is 3.31. The second-order valence-corrected chi connectivity index (χ2v) is 6.53. The molecule has 0 N–H and O–H groups in total. The van der Waals surface area contributed by atoms with E-state index in [1.807, 2.05) is 0 Å². The van der Waals surface area contributed by atoms with Crippen molar-refractivity contribution in [1.82, 2.24) is 0 Å². The Morgan fingerprint density at radius 3 is 2.33 bits per heavy atom. The Morgan fingerprint density at radius 1 is 1.08 bits per heavy atom. The molecule has 0 bridgehead atoms. The van der Waals surface area contributed by atoms with Gasteiger partial charge in [-0.1, -0.05) is 32.6 Å². The van der Waals surface area contributed by atoms with E-state index in [4.69, 9.17) is 9.47 Å². The number of methoxy groups -OCH3 is 1. The third-order valence-electron chi connectivity index (χ3n) is 4.84. The number of rotatable bonds is 7. The number of benzene rings is 1. The smallest absolute Gasteiger partial charge is 0.314 e. The Bertz CT molecular complexity index is 552. The van der Waals surface area contributed by atoms with Gasteiger partial charge in [-0.05, 0) is 43.7 Å². The van der Waals surface area contributed by atoms with Crippen LogP contribution in [-0.2, 0) is 4.79 Å². The second kappa shape index (κ2) is 9.00. The maximum atomic E-state index is 13.9. The summed E-state index contributed by atoms with van der Waals surface area (Å²) in [6.07, 6.45) is 8.45. The van der Waals surface area contributed by atoms with Gasteiger partial charge in [-0.25, -0.2) is 0 Å². The average Bonchev–Trinajstić information content (AvgIpc) is 2.60. The molecule has 1 aromatic rings. The number of carbonyl (C=O) groups excluding carboxylic acids is 1. The van der Waals surface area contributed by atoms with Crippen LogP contribution in [-0.4, -0.2) is 13.1 Å². The summed E-state index contributed by atoms with van der Waals surface area (Å²) in [6, 6.07) is 2.48. The van der Waals surface area contributed by atoms with Crippen molar-refractivity contribution in [1.29, 1.82) is 0 Å². The molecular formula is C19H26F2O3. The Kier molecular flexibility index (Phi) is 7.00. The first kappa shape index (κ1) is 18.7. The molecule has 3 nitrogen and oxygen atoms in total. The maximum Gasteiger partial charge on any atom is 0.314 e. The van der Waals surface area contributed by atoms with E-state index in [0.717, 1.165) is 25.7 Å². The van der Waals surface area contributed by atoms with Crippen LogP contribution in [0, 0.1) is 23.5 Å². The summed E-state index contributed by atoms with van der Waals surface area (Å²) < 4.78 is 37.3. The summed E-state index contributed by atoms with van der Waals surface area (Å²) in [7, 11) is 1.25. The highest BCUT2D eigenvalue weighted by Gasteiger charge is 2.28. The minimum Gasteiger partial charge on any atom is -0.494 e. The zero-order chi connectivity index (χ0) is 17.5. The van der Waals surface area contributed by atoms with Crippen molar-refractivity contribution in [2.75, 3.05) is 7.11 Å². The summed E-state index contributed by atoms with van der Waals surface area (Å²) in [5.74, 6) is -2.92. The van der Waals surface area contributed by atoms with Gasteiger partial charge in [-0.15, -0.1) is 0 Å². The maximum absolute atomic E-state index is 13.9. The van der Waals surface area contributed by atoms with Crippen molar-refractivity contribution in [2.24, 2.45) is 11.8 Å². The number of ether oxygens (including phenoxy) is 2. The monoisotopic (exact) mass is 340 g/mol. The van der Waals surface area contributed by atoms with Crippen LogP contribution in [0.3, 0.4) is 0 Å². The van der Waals surface area contributed by atoms with Crippen molar-refractivity contribution in [3.63, 3.8) is 0 Å². The highest BCUT2D eigenvalue weighted by atomic mass is 19.2. The number of halogens is 2. The van der Waals surface area contributed by atoms with E-state index in [2.05, 4.69) is 6.92 Å². The molecule has 5 heteroatoms. The van der Waals surface area contributed by atoms with Crippen LogP contribution in [0.25, 0.3) is 0 Å². The summed E-state index contributed by atoms with van der Waals surface area (Å²) in [5, 5.41) is 0. The van der Waals surface area contributed by atoms with E-state index in [1.165, 1.54) is 44.9 Å². The standard InChI is InChI=1S/C19H26F2O3/c1-3-4-5-6-13-7-9-14(10-8-13)19(22)24-16-12-11-15(23-2)17(20)18(16)21/h11-14H,3-10H2,1-2H3/t13-,14-. The Hall–Kier alpha value is -1.65. The SMILES string of the molecule is CCCCC[C@H]1CC[C@H](C(=O)Oc2ccc(OC)c(F)c2F)CC1. The van der Waals surface area contributed by atoms with E-state index in [1.54, 1.807) is 0 Å². The molecule has 0 heterocycles. The first-order chi connectivity index (χ1) is 11.6. The molecule has 1 fully saturated rings. The van der Waals surface area contributed by atoms with Gasteiger partial charge < -0.3 is 9.47 Å². The van der Waals surface area contributed by atoms with Gasteiger partial charge in [-0.3, -0.25) is 4.79 Å². The van der Waals surface area contributed by atoms with Crippen LogP contribution in [0.2, 0.25) is 0 Å². The number of unbranched alkanes of at least 4 members (excludes halogenated alkanes) is 2. The van der Waals surface area contributed by atoms with E-state index in [9.17, 15) is 13.6 Å². The Morgan fingerprint density at radius 2 is 1.71 bits per heavy atom. The molecule has 24 heavy (non-hydrogen) atoms. The molecule has 1 aliphatic rings. The van der Waals surface area contributed by atoms with Gasteiger partial charge in [0, 0.05) is 0 Å². The average molecular weight is 340 g/mol. The lowest BCUT2D eigenvalue weighted by molar-refractivity contribution is -0.140. The van der Waals surface area contributed by atoms with E-state index < -0.39 is 17.6 Å². The first-order valence-electron chi connectivity index (χ1n) is 8.80. The Labute approximate surface area is 142 Å². The minimum absolute atomic E-state index is 0.208. The molecule has 0 saturated heterocycles. The molecule has 1 saturated carbocycles. The van der Waals surface area contributed by atoms with Crippen molar-refractivity contribution in [3.8, 4) is 11.5 Å². The molecule has 1 aliphatic carbocycles. The molecule has 0 aromatic heterocycles. The second-order valence-electron chi connectivity index (χ2n) is 6.53. The number of esters is 1. The predicted octanol–water partition coefficient (Wildman–Crippen LogP) is 5.27. The van der Waals surface area contributed by atoms with Gasteiger partial charge in [0.15, 0.2) is 11.5 Å². The van der Waals surface area contributed by atoms with E-state index >= 15 is 0 Å². The summed E-state index contributed by atoms with van der Waals surface area (Å²) in [4.78, 5) is 12.2. The normalized spacial score (nSPS) is 20.7. The molecule has 0 atom stereocenters. The first-order valence-corrected chi connectivity index (χ1v) is 8.80. The third-order valence-corrected chi connectivity index (χ3v) is 4.84. The van der Waals surface area contributed by atoms with Gasteiger partial charge in [0.05, 0.1) is 13.0 Å². The van der Waals surface area contributed by atoms with Crippen LogP contribution >= 0.6 is 0 Å². The largest absolute Gasteiger partial charge is 0.494 e. The topological polar surface area (TPSA) is 35.5 Å².